The van der Waals surface area contributed by atoms with Crippen LogP contribution >= 0.6 is 0 Å². The molecule has 0 aliphatic rings. The molecule has 0 aromatic carbocycles. The summed E-state index contributed by atoms with van der Waals surface area (Å²) in [6, 6.07) is 1.87. The second-order valence-corrected chi connectivity index (χ2v) is 4.58. The molecule has 0 saturated heterocycles. The van der Waals surface area contributed by atoms with Crippen LogP contribution in [0.3, 0.4) is 0 Å². The standard InChI is InChI=1S/C12H17N5O2/c1-7-6-8(2)17-12(14-7)15-10(16-17)11(19)13-5-4-9(3)18/h6,9,18H,4-5H2,1-3H3,(H,13,19). The van der Waals surface area contributed by atoms with Crippen LogP contribution in [0.15, 0.2) is 6.07 Å². The molecule has 1 unspecified atom stereocenters. The lowest BCUT2D eigenvalue weighted by molar-refractivity contribution is 0.0935. The Morgan fingerprint density at radius 3 is 2.89 bits per heavy atom. The van der Waals surface area contributed by atoms with Gasteiger partial charge in [-0.15, -0.1) is 5.10 Å². The lowest BCUT2D eigenvalue weighted by atomic mass is 10.3. The zero-order valence-electron chi connectivity index (χ0n) is 11.2. The molecule has 102 valence electrons. The molecule has 0 aliphatic heterocycles. The van der Waals surface area contributed by atoms with Gasteiger partial charge in [0.1, 0.15) is 0 Å². The van der Waals surface area contributed by atoms with Crippen LogP contribution in [0, 0.1) is 13.8 Å². The molecule has 0 fully saturated rings. The highest BCUT2D eigenvalue weighted by molar-refractivity contribution is 5.90. The molecular weight excluding hydrogens is 246 g/mol. The Hall–Kier alpha value is -2.02. The number of aryl methyl sites for hydroxylation is 2. The van der Waals surface area contributed by atoms with Crippen LogP contribution in [0.2, 0.25) is 0 Å². The number of aliphatic hydroxyl groups excluding tert-OH is 1. The van der Waals surface area contributed by atoms with Crippen LogP contribution in [0.5, 0.6) is 0 Å². The van der Waals surface area contributed by atoms with Crippen molar-refractivity contribution in [3.05, 3.63) is 23.3 Å². The third-order valence-electron chi connectivity index (χ3n) is 2.67. The van der Waals surface area contributed by atoms with Gasteiger partial charge in [-0.25, -0.2) is 9.50 Å². The molecule has 0 spiro atoms. The summed E-state index contributed by atoms with van der Waals surface area (Å²) in [7, 11) is 0. The topological polar surface area (TPSA) is 92.4 Å². The first-order valence-electron chi connectivity index (χ1n) is 6.14. The molecule has 2 aromatic heterocycles. The molecule has 0 bridgehead atoms. The molecule has 1 amide bonds. The van der Waals surface area contributed by atoms with Crippen LogP contribution in [-0.2, 0) is 0 Å². The van der Waals surface area contributed by atoms with Crippen LogP contribution in [0.1, 0.15) is 35.4 Å². The van der Waals surface area contributed by atoms with Crippen molar-refractivity contribution >= 4 is 11.7 Å². The van der Waals surface area contributed by atoms with Crippen molar-refractivity contribution in [2.24, 2.45) is 0 Å². The zero-order valence-corrected chi connectivity index (χ0v) is 11.2. The van der Waals surface area contributed by atoms with Gasteiger partial charge in [0.05, 0.1) is 6.10 Å². The van der Waals surface area contributed by atoms with Crippen LogP contribution in [-0.4, -0.2) is 43.2 Å². The minimum atomic E-state index is -0.444. The van der Waals surface area contributed by atoms with Gasteiger partial charge in [-0.3, -0.25) is 4.79 Å². The van der Waals surface area contributed by atoms with Crippen molar-refractivity contribution in [2.75, 3.05) is 6.54 Å². The number of amides is 1. The summed E-state index contributed by atoms with van der Waals surface area (Å²) in [6.07, 6.45) is 0.0519. The van der Waals surface area contributed by atoms with Crippen molar-refractivity contribution in [1.29, 1.82) is 0 Å². The summed E-state index contributed by atoms with van der Waals surface area (Å²) in [5.74, 6) is 0.146. The van der Waals surface area contributed by atoms with Crippen molar-refractivity contribution in [3.63, 3.8) is 0 Å². The average Bonchev–Trinajstić information content (AvgIpc) is 2.72. The molecule has 2 N–H and O–H groups in total. The highest BCUT2D eigenvalue weighted by Crippen LogP contribution is 2.05. The maximum atomic E-state index is 11.8. The Morgan fingerprint density at radius 1 is 1.47 bits per heavy atom. The lowest BCUT2D eigenvalue weighted by Gasteiger charge is -2.03. The Balaban J connectivity index is 2.17. The van der Waals surface area contributed by atoms with Gasteiger partial charge >= 0.3 is 0 Å². The molecule has 1 atom stereocenters. The Labute approximate surface area is 110 Å². The number of carbonyl (C=O) groups excluding carboxylic acids is 1. The summed E-state index contributed by atoms with van der Waals surface area (Å²) in [6.45, 7) is 5.80. The SMILES string of the molecule is Cc1cc(C)n2nc(C(=O)NCCC(C)O)nc2n1. The van der Waals surface area contributed by atoms with E-state index in [4.69, 9.17) is 5.11 Å². The van der Waals surface area contributed by atoms with E-state index >= 15 is 0 Å². The summed E-state index contributed by atoms with van der Waals surface area (Å²) in [5.41, 5.74) is 1.71. The van der Waals surface area contributed by atoms with E-state index in [1.807, 2.05) is 19.9 Å². The van der Waals surface area contributed by atoms with Gasteiger partial charge in [0.25, 0.3) is 11.7 Å². The van der Waals surface area contributed by atoms with Crippen LogP contribution in [0.25, 0.3) is 5.78 Å². The highest BCUT2D eigenvalue weighted by Gasteiger charge is 2.14. The van der Waals surface area contributed by atoms with Crippen molar-refractivity contribution in [1.82, 2.24) is 24.9 Å². The summed E-state index contributed by atoms with van der Waals surface area (Å²) < 4.78 is 1.54. The summed E-state index contributed by atoms with van der Waals surface area (Å²) in [4.78, 5) is 20.1. The molecule has 0 saturated carbocycles. The predicted octanol–water partition coefficient (Wildman–Crippen LogP) is 0.242. The summed E-state index contributed by atoms with van der Waals surface area (Å²) >= 11 is 0. The van der Waals surface area contributed by atoms with Gasteiger partial charge in [-0.05, 0) is 33.3 Å². The number of fused-ring (bicyclic) bond motifs is 1. The fourth-order valence-corrected chi connectivity index (χ4v) is 1.74. The van der Waals surface area contributed by atoms with E-state index in [-0.39, 0.29) is 11.7 Å². The van der Waals surface area contributed by atoms with E-state index in [1.54, 1.807) is 6.92 Å². The van der Waals surface area contributed by atoms with E-state index in [0.29, 0.717) is 18.7 Å². The summed E-state index contributed by atoms with van der Waals surface area (Å²) in [5, 5.41) is 15.9. The Kier molecular flexibility index (Phi) is 3.75. The molecule has 7 heteroatoms. The number of aromatic nitrogens is 4. The quantitative estimate of drug-likeness (QED) is 0.824. The molecule has 19 heavy (non-hydrogen) atoms. The van der Waals surface area contributed by atoms with Crippen molar-refractivity contribution < 1.29 is 9.90 Å². The first kappa shape index (κ1) is 13.4. The zero-order chi connectivity index (χ0) is 14.0. The number of hydrogen-bond donors (Lipinski definition) is 2. The Morgan fingerprint density at radius 2 is 2.21 bits per heavy atom. The van der Waals surface area contributed by atoms with Gasteiger partial charge in [-0.1, -0.05) is 0 Å². The fourth-order valence-electron chi connectivity index (χ4n) is 1.74. The molecule has 0 aliphatic carbocycles. The van der Waals surface area contributed by atoms with Gasteiger partial charge in [0.15, 0.2) is 0 Å². The normalized spacial score (nSPS) is 12.6. The van der Waals surface area contributed by atoms with Crippen molar-refractivity contribution in [3.8, 4) is 0 Å². The third-order valence-corrected chi connectivity index (χ3v) is 2.67. The largest absolute Gasteiger partial charge is 0.393 e. The first-order chi connectivity index (χ1) is 8.97. The fraction of sp³-hybridized carbons (Fsp3) is 0.500. The van der Waals surface area contributed by atoms with Crippen LogP contribution in [0.4, 0.5) is 0 Å². The van der Waals surface area contributed by atoms with E-state index < -0.39 is 6.10 Å². The maximum Gasteiger partial charge on any atom is 0.291 e. The monoisotopic (exact) mass is 263 g/mol. The van der Waals surface area contributed by atoms with Crippen LogP contribution < -0.4 is 5.32 Å². The highest BCUT2D eigenvalue weighted by atomic mass is 16.3. The number of hydrogen-bond acceptors (Lipinski definition) is 5. The van der Waals surface area contributed by atoms with Gasteiger partial charge < -0.3 is 10.4 Å². The van der Waals surface area contributed by atoms with Crippen molar-refractivity contribution in [2.45, 2.75) is 33.3 Å². The minimum Gasteiger partial charge on any atom is -0.393 e. The number of nitrogens with zero attached hydrogens (tertiary/aromatic N) is 4. The first-order valence-corrected chi connectivity index (χ1v) is 6.14. The molecular formula is C12H17N5O2. The number of rotatable bonds is 4. The van der Waals surface area contributed by atoms with E-state index in [9.17, 15) is 4.79 Å². The Bertz CT molecular complexity index is 605. The molecule has 2 rings (SSSR count). The lowest BCUT2D eigenvalue weighted by Crippen LogP contribution is -2.27. The number of aliphatic hydroxyl groups is 1. The van der Waals surface area contributed by atoms with E-state index in [0.717, 1.165) is 11.4 Å². The maximum absolute atomic E-state index is 11.8. The smallest absolute Gasteiger partial charge is 0.291 e. The molecule has 2 aromatic rings. The molecule has 7 nitrogen and oxygen atoms in total. The third kappa shape index (κ3) is 3.05. The minimum absolute atomic E-state index is 0.0896. The van der Waals surface area contributed by atoms with E-state index in [2.05, 4.69) is 20.4 Å². The average molecular weight is 263 g/mol. The second-order valence-electron chi connectivity index (χ2n) is 4.58. The van der Waals surface area contributed by atoms with Gasteiger partial charge in [0.2, 0.25) is 5.82 Å². The number of nitrogens with one attached hydrogen (secondary N) is 1. The van der Waals surface area contributed by atoms with Gasteiger partial charge in [0, 0.05) is 17.9 Å². The second kappa shape index (κ2) is 5.31. The number of carbonyl (C=O) groups is 1. The van der Waals surface area contributed by atoms with Gasteiger partial charge in [-0.2, -0.15) is 4.98 Å². The predicted molar refractivity (Wildman–Crippen MR) is 68.9 cm³/mol. The molecule has 0 radical (unpaired) electrons. The molecule has 2 heterocycles. The van der Waals surface area contributed by atoms with E-state index in [1.165, 1.54) is 4.52 Å².